The molecule has 4 heteroatoms. The average Bonchev–Trinajstić information content (AvgIpc) is 2.42. The molecule has 0 bridgehead atoms. The van der Waals surface area contributed by atoms with E-state index in [9.17, 15) is 15.0 Å². The lowest BCUT2D eigenvalue weighted by Gasteiger charge is -2.21. The molecule has 3 N–H and O–H groups in total. The molecule has 0 heterocycles. The van der Waals surface area contributed by atoms with Crippen LogP contribution in [-0.4, -0.2) is 33.5 Å². The summed E-state index contributed by atoms with van der Waals surface area (Å²) in [5, 5.41) is 28.0. The second kappa shape index (κ2) is 8.72. The van der Waals surface area contributed by atoms with Crippen molar-refractivity contribution in [2.75, 3.05) is 0 Å². The van der Waals surface area contributed by atoms with Gasteiger partial charge < -0.3 is 15.3 Å². The zero-order chi connectivity index (χ0) is 15.0. The van der Waals surface area contributed by atoms with E-state index in [0.717, 1.165) is 25.7 Å². The zero-order valence-electron chi connectivity index (χ0n) is 11.9. The molecule has 4 nitrogen and oxygen atoms in total. The minimum atomic E-state index is -1.19. The number of aliphatic hydroxyl groups is 2. The number of carboxylic acid groups (broad SMARTS) is 1. The first-order valence-electron chi connectivity index (χ1n) is 7.15. The normalized spacial score (nSPS) is 15.6. The zero-order valence-corrected chi connectivity index (χ0v) is 11.9. The average molecular weight is 280 g/mol. The first kappa shape index (κ1) is 16.7. The van der Waals surface area contributed by atoms with Crippen molar-refractivity contribution < 1.29 is 20.1 Å². The highest BCUT2D eigenvalue weighted by atomic mass is 16.4. The second-order valence-electron chi connectivity index (χ2n) is 5.26. The Bertz CT molecular complexity index is 389. The standard InChI is InChI=1S/C16H24O4/c1-12(17)15(18)14(16(19)20)11-7-3-6-10-13-8-4-2-5-9-13/h2,4-5,8-9,12,14-15,17-18H,3,6-7,10-11H2,1H3,(H,19,20). The van der Waals surface area contributed by atoms with Crippen LogP contribution in [0, 0.1) is 5.92 Å². The van der Waals surface area contributed by atoms with Crippen molar-refractivity contribution in [2.24, 2.45) is 5.92 Å². The predicted octanol–water partition coefficient (Wildman–Crippen LogP) is 2.23. The SMILES string of the molecule is CC(O)C(O)C(CCCCCc1ccccc1)C(=O)O. The summed E-state index contributed by atoms with van der Waals surface area (Å²) in [7, 11) is 0. The Morgan fingerprint density at radius 1 is 1.10 bits per heavy atom. The lowest BCUT2D eigenvalue weighted by Crippen LogP contribution is -2.36. The van der Waals surface area contributed by atoms with Crippen molar-refractivity contribution in [1.82, 2.24) is 0 Å². The number of carboxylic acids is 1. The van der Waals surface area contributed by atoms with Gasteiger partial charge in [-0.15, -0.1) is 0 Å². The fourth-order valence-electron chi connectivity index (χ4n) is 2.29. The third kappa shape index (κ3) is 5.72. The van der Waals surface area contributed by atoms with E-state index in [-0.39, 0.29) is 0 Å². The molecular weight excluding hydrogens is 256 g/mol. The van der Waals surface area contributed by atoms with Crippen molar-refractivity contribution in [3.63, 3.8) is 0 Å². The highest BCUT2D eigenvalue weighted by Gasteiger charge is 2.29. The van der Waals surface area contributed by atoms with E-state index in [1.165, 1.54) is 12.5 Å². The highest BCUT2D eigenvalue weighted by Crippen LogP contribution is 2.18. The first-order chi connectivity index (χ1) is 9.52. The molecule has 0 saturated heterocycles. The first-order valence-corrected chi connectivity index (χ1v) is 7.15. The smallest absolute Gasteiger partial charge is 0.309 e. The van der Waals surface area contributed by atoms with E-state index in [1.807, 2.05) is 18.2 Å². The number of benzene rings is 1. The van der Waals surface area contributed by atoms with Gasteiger partial charge in [0, 0.05) is 0 Å². The van der Waals surface area contributed by atoms with Crippen LogP contribution in [0.15, 0.2) is 30.3 Å². The number of hydrogen-bond donors (Lipinski definition) is 3. The maximum Gasteiger partial charge on any atom is 0.309 e. The van der Waals surface area contributed by atoms with Crippen LogP contribution in [0.5, 0.6) is 0 Å². The van der Waals surface area contributed by atoms with E-state index in [2.05, 4.69) is 12.1 Å². The maximum absolute atomic E-state index is 11.1. The van der Waals surface area contributed by atoms with E-state index in [1.54, 1.807) is 0 Å². The Hall–Kier alpha value is -1.39. The molecule has 0 aromatic heterocycles. The van der Waals surface area contributed by atoms with Crippen LogP contribution in [0.25, 0.3) is 0 Å². The summed E-state index contributed by atoms with van der Waals surface area (Å²) in [6.45, 7) is 1.41. The van der Waals surface area contributed by atoms with E-state index in [4.69, 9.17) is 5.11 Å². The summed E-state index contributed by atoms with van der Waals surface area (Å²) in [5.41, 5.74) is 1.28. The monoisotopic (exact) mass is 280 g/mol. The summed E-state index contributed by atoms with van der Waals surface area (Å²) >= 11 is 0. The topological polar surface area (TPSA) is 77.8 Å². The molecule has 20 heavy (non-hydrogen) atoms. The number of aliphatic hydroxyl groups excluding tert-OH is 2. The molecule has 3 unspecified atom stereocenters. The summed E-state index contributed by atoms with van der Waals surface area (Å²) < 4.78 is 0. The van der Waals surface area contributed by atoms with Crippen molar-refractivity contribution in [3.8, 4) is 0 Å². The predicted molar refractivity (Wildman–Crippen MR) is 77.4 cm³/mol. The Balaban J connectivity index is 2.26. The lowest BCUT2D eigenvalue weighted by molar-refractivity contribution is -0.149. The molecule has 0 saturated carbocycles. The van der Waals surface area contributed by atoms with Crippen LogP contribution in [0.4, 0.5) is 0 Å². The minimum absolute atomic E-state index is 0.399. The number of carbonyl (C=O) groups is 1. The molecule has 1 aromatic carbocycles. The van der Waals surface area contributed by atoms with Gasteiger partial charge in [0.15, 0.2) is 0 Å². The molecule has 1 rings (SSSR count). The van der Waals surface area contributed by atoms with Crippen molar-refractivity contribution in [3.05, 3.63) is 35.9 Å². The van der Waals surface area contributed by atoms with Crippen LogP contribution in [0.1, 0.15) is 38.2 Å². The van der Waals surface area contributed by atoms with Gasteiger partial charge in [0.2, 0.25) is 0 Å². The summed E-state index contributed by atoms with van der Waals surface area (Å²) in [5.74, 6) is -1.92. The lowest BCUT2D eigenvalue weighted by atomic mass is 9.92. The fraction of sp³-hybridized carbons (Fsp3) is 0.562. The van der Waals surface area contributed by atoms with Crippen molar-refractivity contribution in [1.29, 1.82) is 0 Å². The van der Waals surface area contributed by atoms with E-state index in [0.29, 0.717) is 6.42 Å². The van der Waals surface area contributed by atoms with E-state index >= 15 is 0 Å². The maximum atomic E-state index is 11.1. The largest absolute Gasteiger partial charge is 0.481 e. The van der Waals surface area contributed by atoms with Crippen LogP contribution in [-0.2, 0) is 11.2 Å². The minimum Gasteiger partial charge on any atom is -0.481 e. The van der Waals surface area contributed by atoms with Gasteiger partial charge in [0.25, 0.3) is 0 Å². The number of aliphatic carboxylic acids is 1. The fourth-order valence-corrected chi connectivity index (χ4v) is 2.29. The number of aryl methyl sites for hydroxylation is 1. The van der Waals surface area contributed by atoms with Crippen molar-refractivity contribution >= 4 is 5.97 Å². The molecule has 3 atom stereocenters. The van der Waals surface area contributed by atoms with E-state index < -0.39 is 24.1 Å². The molecule has 0 aliphatic heterocycles. The number of rotatable bonds is 9. The molecule has 0 spiro atoms. The summed E-state index contributed by atoms with van der Waals surface area (Å²) in [6, 6.07) is 10.2. The van der Waals surface area contributed by atoms with Gasteiger partial charge in [0.1, 0.15) is 0 Å². The Morgan fingerprint density at radius 3 is 2.30 bits per heavy atom. The molecule has 0 amide bonds. The van der Waals surface area contributed by atoms with Crippen LogP contribution in [0.3, 0.4) is 0 Å². The molecule has 0 aliphatic carbocycles. The van der Waals surface area contributed by atoms with Gasteiger partial charge in [-0.2, -0.15) is 0 Å². The van der Waals surface area contributed by atoms with Crippen molar-refractivity contribution in [2.45, 2.75) is 51.2 Å². The van der Waals surface area contributed by atoms with Crippen LogP contribution >= 0.6 is 0 Å². The Kier molecular flexibility index (Phi) is 7.26. The molecule has 112 valence electrons. The summed E-state index contributed by atoms with van der Waals surface area (Å²) in [4.78, 5) is 11.1. The van der Waals surface area contributed by atoms with Crippen LogP contribution in [0.2, 0.25) is 0 Å². The quantitative estimate of drug-likeness (QED) is 0.606. The molecule has 0 aliphatic rings. The highest BCUT2D eigenvalue weighted by molar-refractivity contribution is 5.70. The van der Waals surface area contributed by atoms with Gasteiger partial charge in [-0.25, -0.2) is 0 Å². The molecular formula is C16H24O4. The molecule has 0 fully saturated rings. The number of hydrogen-bond acceptors (Lipinski definition) is 3. The Labute approximate surface area is 120 Å². The van der Waals surface area contributed by atoms with Gasteiger partial charge in [0.05, 0.1) is 18.1 Å². The second-order valence-corrected chi connectivity index (χ2v) is 5.26. The third-order valence-electron chi connectivity index (χ3n) is 3.55. The molecule has 1 aromatic rings. The number of unbranched alkanes of at least 4 members (excludes halogenated alkanes) is 2. The molecule has 0 radical (unpaired) electrons. The van der Waals surface area contributed by atoms with Gasteiger partial charge in [-0.05, 0) is 31.7 Å². The third-order valence-corrected chi connectivity index (χ3v) is 3.55. The van der Waals surface area contributed by atoms with Gasteiger partial charge >= 0.3 is 5.97 Å². The summed E-state index contributed by atoms with van der Waals surface area (Å²) in [6.07, 6.45) is 1.84. The van der Waals surface area contributed by atoms with Crippen LogP contribution < -0.4 is 0 Å². The Morgan fingerprint density at radius 2 is 1.75 bits per heavy atom. The van der Waals surface area contributed by atoms with Gasteiger partial charge in [-0.3, -0.25) is 4.79 Å². The van der Waals surface area contributed by atoms with Gasteiger partial charge in [-0.1, -0.05) is 43.2 Å².